The Hall–Kier alpha value is -0.920. The van der Waals surface area contributed by atoms with Crippen molar-refractivity contribution >= 4 is 37.5 Å². The Morgan fingerprint density at radius 3 is 2.24 bits per heavy atom. The van der Waals surface area contributed by atoms with Gasteiger partial charge in [-0.05, 0) is 49.9 Å². The van der Waals surface area contributed by atoms with Gasteiger partial charge in [-0.15, -0.1) is 0 Å². The molecule has 0 radical (unpaired) electrons. The van der Waals surface area contributed by atoms with E-state index in [4.69, 9.17) is 0 Å². The van der Waals surface area contributed by atoms with Crippen LogP contribution in [0.4, 0.5) is 5.69 Å². The number of nitrogens with one attached hydrogen (secondary N) is 2. The van der Waals surface area contributed by atoms with Crippen molar-refractivity contribution in [3.05, 3.63) is 24.3 Å². The van der Waals surface area contributed by atoms with Gasteiger partial charge in [0.2, 0.25) is 15.9 Å². The molecule has 2 N–H and O–H groups in total. The first-order valence-corrected chi connectivity index (χ1v) is 9.31. The van der Waals surface area contributed by atoms with Crippen LogP contribution in [0.3, 0.4) is 0 Å². The monoisotopic (exact) mass is 374 g/mol. The van der Waals surface area contributed by atoms with Crippen molar-refractivity contribution in [3.8, 4) is 0 Å². The van der Waals surface area contributed by atoms with Crippen LogP contribution in [-0.2, 0) is 14.8 Å². The lowest BCUT2D eigenvalue weighted by Crippen LogP contribution is -2.37. The minimum atomic E-state index is -3.50. The van der Waals surface area contributed by atoms with Crippen molar-refractivity contribution in [3.63, 3.8) is 0 Å². The molecular formula is C14H19BrN2O3S. The normalized spacial score (nSPS) is 22.8. The van der Waals surface area contributed by atoms with Crippen molar-refractivity contribution in [1.29, 1.82) is 0 Å². The molecule has 2 rings (SSSR count). The van der Waals surface area contributed by atoms with E-state index < -0.39 is 10.0 Å². The number of carbonyl (C=O) groups is 1. The first kappa shape index (κ1) is 16.5. The highest BCUT2D eigenvalue weighted by Gasteiger charge is 2.24. The van der Waals surface area contributed by atoms with Crippen molar-refractivity contribution in [2.75, 3.05) is 5.32 Å². The fourth-order valence-electron chi connectivity index (χ4n) is 2.38. The third-order valence-electron chi connectivity index (χ3n) is 3.46. The molecule has 1 fully saturated rings. The van der Waals surface area contributed by atoms with Gasteiger partial charge >= 0.3 is 0 Å². The van der Waals surface area contributed by atoms with E-state index in [-0.39, 0.29) is 16.8 Å². The quantitative estimate of drug-likeness (QED) is 0.795. The van der Waals surface area contributed by atoms with Gasteiger partial charge in [0.1, 0.15) is 0 Å². The van der Waals surface area contributed by atoms with Gasteiger partial charge in [0, 0.05) is 23.5 Å². The first-order chi connectivity index (χ1) is 9.87. The molecule has 0 spiro atoms. The van der Waals surface area contributed by atoms with Crippen LogP contribution in [-0.4, -0.2) is 25.2 Å². The van der Waals surface area contributed by atoms with Crippen LogP contribution in [0.2, 0.25) is 0 Å². The summed E-state index contributed by atoms with van der Waals surface area (Å²) in [6, 6.07) is 6.18. The maximum Gasteiger partial charge on any atom is 0.240 e. The highest BCUT2D eigenvalue weighted by Crippen LogP contribution is 2.25. The summed E-state index contributed by atoms with van der Waals surface area (Å²) in [5.74, 6) is -0.185. The average molecular weight is 375 g/mol. The van der Waals surface area contributed by atoms with Gasteiger partial charge in [0.25, 0.3) is 0 Å². The molecule has 1 aromatic carbocycles. The fraction of sp³-hybridized carbons (Fsp3) is 0.500. The number of halogens is 1. The van der Waals surface area contributed by atoms with Crippen LogP contribution in [0.1, 0.15) is 32.6 Å². The van der Waals surface area contributed by atoms with Gasteiger partial charge in [-0.25, -0.2) is 13.1 Å². The number of carbonyl (C=O) groups excluding carboxylic acids is 1. The Labute approximate surface area is 133 Å². The van der Waals surface area contributed by atoms with Crippen molar-refractivity contribution in [2.24, 2.45) is 0 Å². The maximum atomic E-state index is 12.3. The fourth-order valence-corrected chi connectivity index (χ4v) is 4.21. The van der Waals surface area contributed by atoms with Gasteiger partial charge in [-0.1, -0.05) is 15.9 Å². The van der Waals surface area contributed by atoms with Crippen molar-refractivity contribution in [1.82, 2.24) is 4.72 Å². The van der Waals surface area contributed by atoms with Gasteiger partial charge in [-0.2, -0.15) is 0 Å². The Morgan fingerprint density at radius 1 is 1.14 bits per heavy atom. The van der Waals surface area contributed by atoms with Crippen LogP contribution in [0, 0.1) is 0 Å². The lowest BCUT2D eigenvalue weighted by atomic mass is 9.96. The molecular weight excluding hydrogens is 356 g/mol. The molecule has 1 aliphatic carbocycles. The lowest BCUT2D eigenvalue weighted by Gasteiger charge is -2.25. The van der Waals surface area contributed by atoms with E-state index in [1.54, 1.807) is 12.1 Å². The first-order valence-electron chi connectivity index (χ1n) is 6.91. The highest BCUT2D eigenvalue weighted by atomic mass is 79.9. The number of sulfonamides is 1. The van der Waals surface area contributed by atoms with Gasteiger partial charge in [0.05, 0.1) is 4.90 Å². The summed E-state index contributed by atoms with van der Waals surface area (Å²) in [5.41, 5.74) is 0.584. The number of hydrogen-bond donors (Lipinski definition) is 2. The lowest BCUT2D eigenvalue weighted by molar-refractivity contribution is -0.114. The second-order valence-corrected chi connectivity index (χ2v) is 8.28. The molecule has 0 unspecified atom stereocenters. The number of amides is 1. The Morgan fingerprint density at radius 2 is 1.71 bits per heavy atom. The molecule has 5 nitrogen and oxygen atoms in total. The smallest absolute Gasteiger partial charge is 0.240 e. The van der Waals surface area contributed by atoms with Gasteiger partial charge in [0.15, 0.2) is 0 Å². The Kier molecular flexibility index (Phi) is 5.40. The van der Waals surface area contributed by atoms with E-state index in [0.29, 0.717) is 10.5 Å². The highest BCUT2D eigenvalue weighted by molar-refractivity contribution is 9.09. The number of anilines is 1. The van der Waals surface area contributed by atoms with E-state index in [0.717, 1.165) is 25.7 Å². The van der Waals surface area contributed by atoms with E-state index in [9.17, 15) is 13.2 Å². The molecule has 0 atom stereocenters. The summed E-state index contributed by atoms with van der Waals surface area (Å²) < 4.78 is 27.4. The summed E-state index contributed by atoms with van der Waals surface area (Å²) in [7, 11) is -3.50. The minimum Gasteiger partial charge on any atom is -0.326 e. The zero-order valence-electron chi connectivity index (χ0n) is 11.8. The summed E-state index contributed by atoms with van der Waals surface area (Å²) >= 11 is 3.56. The SMILES string of the molecule is CC(=O)Nc1ccc(S(=O)(=O)NC2CCC(Br)CC2)cc1. The third-order valence-corrected chi connectivity index (χ3v) is 5.92. The summed E-state index contributed by atoms with van der Waals surface area (Å²) in [4.78, 5) is 11.7. The van der Waals surface area contributed by atoms with Crippen LogP contribution >= 0.6 is 15.9 Å². The van der Waals surface area contributed by atoms with Gasteiger partial charge < -0.3 is 5.32 Å². The molecule has 1 aliphatic rings. The summed E-state index contributed by atoms with van der Waals surface area (Å²) in [6.45, 7) is 1.41. The molecule has 0 saturated heterocycles. The predicted molar refractivity (Wildman–Crippen MR) is 86.0 cm³/mol. The van der Waals surface area contributed by atoms with Crippen molar-refractivity contribution in [2.45, 2.75) is 48.4 Å². The molecule has 0 bridgehead atoms. The number of alkyl halides is 1. The molecule has 0 aliphatic heterocycles. The van der Waals surface area contributed by atoms with E-state index in [2.05, 4.69) is 26.0 Å². The van der Waals surface area contributed by atoms with Gasteiger partial charge in [-0.3, -0.25) is 4.79 Å². The molecule has 0 aromatic heterocycles. The van der Waals surface area contributed by atoms with Crippen LogP contribution in [0.25, 0.3) is 0 Å². The second kappa shape index (κ2) is 6.89. The van der Waals surface area contributed by atoms with E-state index in [1.165, 1.54) is 19.1 Å². The van der Waals surface area contributed by atoms with Crippen LogP contribution in [0.15, 0.2) is 29.2 Å². The van der Waals surface area contributed by atoms with Crippen LogP contribution in [0.5, 0.6) is 0 Å². The van der Waals surface area contributed by atoms with Crippen molar-refractivity contribution < 1.29 is 13.2 Å². The minimum absolute atomic E-state index is 0.00109. The second-order valence-electron chi connectivity index (χ2n) is 5.28. The topological polar surface area (TPSA) is 75.3 Å². The molecule has 21 heavy (non-hydrogen) atoms. The van der Waals surface area contributed by atoms with E-state index >= 15 is 0 Å². The molecule has 7 heteroatoms. The zero-order valence-corrected chi connectivity index (χ0v) is 14.2. The standard InChI is InChI=1S/C14H19BrN2O3S/c1-10(18)16-12-6-8-14(9-7-12)21(19,20)17-13-4-2-11(15)3-5-13/h6-9,11,13,17H,2-5H2,1H3,(H,16,18). The Bertz CT molecular complexity index is 593. The zero-order chi connectivity index (χ0) is 15.5. The summed E-state index contributed by atoms with van der Waals surface area (Å²) in [5, 5.41) is 2.61. The average Bonchev–Trinajstić information content (AvgIpc) is 2.41. The molecule has 116 valence electrons. The largest absolute Gasteiger partial charge is 0.326 e. The maximum absolute atomic E-state index is 12.3. The van der Waals surface area contributed by atoms with Crippen LogP contribution < -0.4 is 10.0 Å². The number of rotatable bonds is 4. The number of hydrogen-bond acceptors (Lipinski definition) is 3. The number of benzene rings is 1. The molecule has 1 aromatic rings. The summed E-state index contributed by atoms with van der Waals surface area (Å²) in [6.07, 6.45) is 3.65. The van der Waals surface area contributed by atoms with E-state index in [1.807, 2.05) is 0 Å². The molecule has 1 saturated carbocycles. The molecule has 0 heterocycles. The Balaban J connectivity index is 2.03. The predicted octanol–water partition coefficient (Wildman–Crippen LogP) is 2.63. The third kappa shape index (κ3) is 4.79. The molecule has 1 amide bonds.